The zero-order valence-electron chi connectivity index (χ0n) is 40.8. The molecule has 2 aliphatic heterocycles. The van der Waals surface area contributed by atoms with E-state index in [1.165, 1.54) is 95.8 Å². The third-order valence-electron chi connectivity index (χ3n) is 17.0. The van der Waals surface area contributed by atoms with Crippen LogP contribution in [0, 0.1) is 0 Å². The largest absolute Gasteiger partial charge is 0.456 e. The second kappa shape index (κ2) is 14.4. The second-order valence-electron chi connectivity index (χ2n) is 23.0. The van der Waals surface area contributed by atoms with Gasteiger partial charge in [0.25, 0.3) is 6.71 Å². The van der Waals surface area contributed by atoms with E-state index in [0.29, 0.717) is 0 Å². The first-order valence-corrected chi connectivity index (χ1v) is 25.0. The molecule has 0 saturated carbocycles. The fourth-order valence-electron chi connectivity index (χ4n) is 12.9. The van der Waals surface area contributed by atoms with Crippen LogP contribution in [0.3, 0.4) is 0 Å². The van der Waals surface area contributed by atoms with Crippen molar-refractivity contribution < 1.29 is 4.42 Å². The monoisotopic (exact) mass is 882 g/mol. The van der Waals surface area contributed by atoms with Gasteiger partial charge in [-0.1, -0.05) is 171 Å². The number of hydrogen-bond acceptors (Lipinski definition) is 3. The molecule has 4 aliphatic rings. The molecule has 0 N–H and O–H groups in total. The summed E-state index contributed by atoms with van der Waals surface area (Å²) in [5.41, 5.74) is 24.0. The molecule has 13 rings (SSSR count). The van der Waals surface area contributed by atoms with E-state index >= 15 is 0 Å². The zero-order valence-corrected chi connectivity index (χ0v) is 40.8. The van der Waals surface area contributed by atoms with Crippen LogP contribution in [0.5, 0.6) is 0 Å². The molecule has 0 radical (unpaired) electrons. The molecule has 0 atom stereocenters. The van der Waals surface area contributed by atoms with Crippen LogP contribution in [0.15, 0.2) is 168 Å². The maximum Gasteiger partial charge on any atom is 0.252 e. The lowest BCUT2D eigenvalue weighted by molar-refractivity contribution is 0.332. The first-order chi connectivity index (χ1) is 32.7. The molecular formula is C64H59BN2O. The highest BCUT2D eigenvalue weighted by Gasteiger charge is 2.48. The van der Waals surface area contributed by atoms with Crippen molar-refractivity contribution in [1.29, 1.82) is 0 Å². The Morgan fingerprint density at radius 3 is 1.69 bits per heavy atom. The average molecular weight is 883 g/mol. The summed E-state index contributed by atoms with van der Waals surface area (Å²) >= 11 is 0. The summed E-state index contributed by atoms with van der Waals surface area (Å²) in [4.78, 5) is 5.31. The van der Waals surface area contributed by atoms with E-state index in [2.05, 4.69) is 229 Å². The number of fused-ring (bicyclic) bond motifs is 10. The fourth-order valence-corrected chi connectivity index (χ4v) is 12.9. The molecule has 0 amide bonds. The van der Waals surface area contributed by atoms with Crippen LogP contribution >= 0.6 is 0 Å². The van der Waals surface area contributed by atoms with Gasteiger partial charge >= 0.3 is 0 Å². The maximum atomic E-state index is 6.82. The number of para-hydroxylation sites is 2. The van der Waals surface area contributed by atoms with Gasteiger partial charge < -0.3 is 14.2 Å². The predicted octanol–water partition coefficient (Wildman–Crippen LogP) is 15.7. The van der Waals surface area contributed by atoms with Crippen molar-refractivity contribution in [3.8, 4) is 22.3 Å². The topological polar surface area (TPSA) is 19.6 Å². The van der Waals surface area contributed by atoms with Gasteiger partial charge in [0.2, 0.25) is 0 Å². The van der Waals surface area contributed by atoms with E-state index in [9.17, 15) is 0 Å². The van der Waals surface area contributed by atoms with E-state index < -0.39 is 0 Å². The van der Waals surface area contributed by atoms with Crippen LogP contribution in [0.1, 0.15) is 103 Å². The lowest BCUT2D eigenvalue weighted by Gasteiger charge is -2.48. The van der Waals surface area contributed by atoms with Crippen LogP contribution < -0.4 is 26.2 Å². The first kappa shape index (κ1) is 41.4. The number of benzene rings is 8. The van der Waals surface area contributed by atoms with Crippen LogP contribution in [0.25, 0.3) is 44.2 Å². The third kappa shape index (κ3) is 5.98. The highest BCUT2D eigenvalue weighted by atomic mass is 16.3. The standard InChI is InChI=1S/C64H59BN2O/c1-61(2)31-32-62(3,4)47-37-43(27-28-46(47)61)66-53-39-49-48(63(5,6)33-34-64(49,7)8)38-51(53)65-50-29-30-57-58(45-24-16-18-26-56(45)68-57)60(50)67(52-25-17-15-23-44(52)41-21-13-10-14-22-41)55-36-42(35-54(66)59(55)65)40-19-11-9-12-20-40/h9-30,35-39H,31-34H2,1-8H3. The summed E-state index contributed by atoms with van der Waals surface area (Å²) in [6.45, 7) is 19.7. The van der Waals surface area contributed by atoms with Gasteiger partial charge in [-0.25, -0.2) is 0 Å². The molecule has 0 bridgehead atoms. The van der Waals surface area contributed by atoms with Gasteiger partial charge in [-0.2, -0.15) is 0 Å². The Bertz CT molecular complexity index is 3540. The summed E-state index contributed by atoms with van der Waals surface area (Å²) in [6, 6.07) is 62.1. The van der Waals surface area contributed by atoms with Gasteiger partial charge in [0.15, 0.2) is 0 Å². The van der Waals surface area contributed by atoms with Gasteiger partial charge in [-0.3, -0.25) is 0 Å². The minimum Gasteiger partial charge on any atom is -0.456 e. The summed E-state index contributed by atoms with van der Waals surface area (Å²) < 4.78 is 6.82. The molecule has 2 aliphatic carbocycles. The second-order valence-corrected chi connectivity index (χ2v) is 23.0. The average Bonchev–Trinajstić information content (AvgIpc) is 3.73. The molecule has 9 aromatic rings. The van der Waals surface area contributed by atoms with E-state index in [1.807, 2.05) is 0 Å². The molecule has 0 spiro atoms. The van der Waals surface area contributed by atoms with Crippen LogP contribution in [-0.2, 0) is 21.7 Å². The quantitative estimate of drug-likeness (QED) is 0.164. The Morgan fingerprint density at radius 2 is 0.985 bits per heavy atom. The van der Waals surface area contributed by atoms with Gasteiger partial charge in [-0.05, 0) is 151 Å². The van der Waals surface area contributed by atoms with Gasteiger partial charge in [0.1, 0.15) is 11.2 Å². The van der Waals surface area contributed by atoms with E-state index in [0.717, 1.165) is 46.9 Å². The number of hydrogen-bond donors (Lipinski definition) is 0. The summed E-state index contributed by atoms with van der Waals surface area (Å²) in [7, 11) is 0. The fraction of sp³-hybridized carbons (Fsp3) is 0.250. The Balaban J connectivity index is 1.21. The van der Waals surface area contributed by atoms with Gasteiger partial charge in [0.05, 0.1) is 16.8 Å². The third-order valence-corrected chi connectivity index (χ3v) is 17.0. The van der Waals surface area contributed by atoms with E-state index in [1.54, 1.807) is 0 Å². The molecule has 4 heteroatoms. The highest BCUT2D eigenvalue weighted by Crippen LogP contribution is 2.54. The Kier molecular flexibility index (Phi) is 8.75. The van der Waals surface area contributed by atoms with Crippen molar-refractivity contribution in [2.75, 3.05) is 9.80 Å². The maximum absolute atomic E-state index is 6.82. The normalized spacial score (nSPS) is 17.9. The Hall–Kier alpha value is -6.78. The Morgan fingerprint density at radius 1 is 0.412 bits per heavy atom. The number of furan rings is 1. The zero-order chi connectivity index (χ0) is 46.5. The molecule has 1 aromatic heterocycles. The minimum absolute atomic E-state index is 0.0229. The van der Waals surface area contributed by atoms with E-state index in [-0.39, 0.29) is 28.4 Å². The lowest BCUT2D eigenvalue weighted by Crippen LogP contribution is -2.62. The molecule has 0 unspecified atom stereocenters. The Labute approximate surface area is 402 Å². The first-order valence-electron chi connectivity index (χ1n) is 25.0. The smallest absolute Gasteiger partial charge is 0.252 e. The van der Waals surface area contributed by atoms with Crippen LogP contribution in [0.4, 0.5) is 34.1 Å². The number of rotatable bonds is 4. The summed E-state index contributed by atoms with van der Waals surface area (Å²) in [5, 5.41) is 2.29. The molecule has 3 heterocycles. The van der Waals surface area contributed by atoms with Crippen molar-refractivity contribution in [2.24, 2.45) is 0 Å². The van der Waals surface area contributed by atoms with Crippen LogP contribution in [0.2, 0.25) is 0 Å². The summed E-state index contributed by atoms with van der Waals surface area (Å²) in [5.74, 6) is 0. The molecule has 3 nitrogen and oxygen atoms in total. The van der Waals surface area contributed by atoms with Crippen molar-refractivity contribution >= 4 is 79.2 Å². The SMILES string of the molecule is CC1(C)CCC(C)(C)c2cc(N3c4cc5c(cc4B4c6ccc7oc8ccccc8c7c6N(c6ccccc6-c6ccccc6)c6cc(-c7ccccc7)cc3c64)C(C)(C)CCC5(C)C)ccc21. The highest BCUT2D eigenvalue weighted by molar-refractivity contribution is 7.00. The van der Waals surface area contributed by atoms with Crippen molar-refractivity contribution in [3.05, 3.63) is 186 Å². The van der Waals surface area contributed by atoms with Crippen molar-refractivity contribution in [3.63, 3.8) is 0 Å². The predicted molar refractivity (Wildman–Crippen MR) is 289 cm³/mol. The van der Waals surface area contributed by atoms with Gasteiger partial charge in [0, 0.05) is 33.7 Å². The molecule has 0 fully saturated rings. The van der Waals surface area contributed by atoms with Crippen molar-refractivity contribution in [1.82, 2.24) is 0 Å². The summed E-state index contributed by atoms with van der Waals surface area (Å²) in [6.07, 6.45) is 4.65. The van der Waals surface area contributed by atoms with E-state index in [4.69, 9.17) is 4.42 Å². The molecule has 68 heavy (non-hydrogen) atoms. The lowest BCUT2D eigenvalue weighted by atomic mass is 9.33. The number of nitrogens with zero attached hydrogens (tertiary/aromatic N) is 2. The number of anilines is 6. The van der Waals surface area contributed by atoms with Crippen molar-refractivity contribution in [2.45, 2.75) is 103 Å². The molecule has 334 valence electrons. The minimum atomic E-state index is -0.0524. The molecule has 0 saturated heterocycles. The molecule has 8 aromatic carbocycles. The van der Waals surface area contributed by atoms with Crippen LogP contribution in [-0.4, -0.2) is 6.71 Å². The van der Waals surface area contributed by atoms with Gasteiger partial charge in [-0.15, -0.1) is 0 Å². The molecular weight excluding hydrogens is 824 g/mol.